The minimum atomic E-state index is -0.536. The van der Waals surface area contributed by atoms with Crippen molar-refractivity contribution >= 4 is 17.6 Å². The van der Waals surface area contributed by atoms with Crippen LogP contribution in [-0.4, -0.2) is 52.3 Å². The number of carbonyl (C=O) groups excluding carboxylic acids is 2. The van der Waals surface area contributed by atoms with Crippen LogP contribution >= 0.6 is 0 Å². The average Bonchev–Trinajstić information content (AvgIpc) is 2.71. The Bertz CT molecular complexity index is 757. The third-order valence-electron chi connectivity index (χ3n) is 3.78. The predicted molar refractivity (Wildman–Crippen MR) is 107 cm³/mol. The van der Waals surface area contributed by atoms with E-state index < -0.39 is 5.97 Å². The lowest BCUT2D eigenvalue weighted by Crippen LogP contribution is -2.32. The fourth-order valence-corrected chi connectivity index (χ4v) is 2.32. The Kier molecular flexibility index (Phi) is 8.14. The first kappa shape index (κ1) is 21.1. The SMILES string of the molecule is CCOc1ccc(OCCNC(=O)COC(=O)c2ccc(N(C)C)cc2)cc1. The number of nitrogens with one attached hydrogen (secondary N) is 1. The lowest BCUT2D eigenvalue weighted by Gasteiger charge is -2.12. The summed E-state index contributed by atoms with van der Waals surface area (Å²) in [5.41, 5.74) is 1.37. The Labute approximate surface area is 165 Å². The summed E-state index contributed by atoms with van der Waals surface area (Å²) in [4.78, 5) is 25.7. The van der Waals surface area contributed by atoms with Crippen molar-refractivity contribution in [3.8, 4) is 11.5 Å². The van der Waals surface area contributed by atoms with Crippen molar-refractivity contribution in [2.24, 2.45) is 0 Å². The Morgan fingerprint density at radius 2 is 1.54 bits per heavy atom. The summed E-state index contributed by atoms with van der Waals surface area (Å²) in [7, 11) is 3.83. The van der Waals surface area contributed by atoms with Crippen molar-refractivity contribution in [1.82, 2.24) is 5.32 Å². The van der Waals surface area contributed by atoms with Crippen molar-refractivity contribution < 1.29 is 23.8 Å². The molecule has 2 rings (SSSR count). The topological polar surface area (TPSA) is 77.1 Å². The van der Waals surface area contributed by atoms with Crippen LogP contribution in [0.1, 0.15) is 17.3 Å². The molecule has 0 saturated heterocycles. The molecular formula is C21H26N2O5. The summed E-state index contributed by atoms with van der Waals surface area (Å²) in [5.74, 6) is 0.547. The van der Waals surface area contributed by atoms with Crippen LogP contribution < -0.4 is 19.7 Å². The molecule has 1 amide bonds. The molecule has 2 aromatic carbocycles. The number of nitrogens with zero attached hydrogens (tertiary/aromatic N) is 1. The average molecular weight is 386 g/mol. The van der Waals surface area contributed by atoms with Crippen LogP contribution in [0.15, 0.2) is 48.5 Å². The molecule has 28 heavy (non-hydrogen) atoms. The summed E-state index contributed by atoms with van der Waals surface area (Å²) in [6.07, 6.45) is 0. The van der Waals surface area contributed by atoms with E-state index in [1.54, 1.807) is 24.3 Å². The van der Waals surface area contributed by atoms with Crippen LogP contribution in [0.4, 0.5) is 5.69 Å². The zero-order chi connectivity index (χ0) is 20.4. The Hall–Kier alpha value is -3.22. The molecule has 0 aliphatic heterocycles. The van der Waals surface area contributed by atoms with E-state index in [9.17, 15) is 9.59 Å². The highest BCUT2D eigenvalue weighted by atomic mass is 16.5. The standard InChI is InChI=1S/C21H26N2O5/c1-4-26-18-9-11-19(12-10-18)27-14-13-22-20(24)15-28-21(25)16-5-7-17(8-6-16)23(2)3/h5-12H,4,13-15H2,1-3H3,(H,22,24). The molecule has 0 spiro atoms. The molecule has 7 heteroatoms. The second-order valence-electron chi connectivity index (χ2n) is 6.12. The molecular weight excluding hydrogens is 360 g/mol. The molecule has 150 valence electrons. The van der Waals surface area contributed by atoms with Gasteiger partial charge in [0.2, 0.25) is 0 Å². The van der Waals surface area contributed by atoms with Crippen molar-refractivity contribution in [3.05, 3.63) is 54.1 Å². The van der Waals surface area contributed by atoms with Crippen molar-refractivity contribution in [2.75, 3.05) is 45.4 Å². The second kappa shape index (κ2) is 10.8. The third-order valence-corrected chi connectivity index (χ3v) is 3.78. The minimum Gasteiger partial charge on any atom is -0.494 e. The van der Waals surface area contributed by atoms with Crippen LogP contribution in [0.25, 0.3) is 0 Å². The number of carbonyl (C=O) groups is 2. The van der Waals surface area contributed by atoms with Gasteiger partial charge in [-0.2, -0.15) is 0 Å². The van der Waals surface area contributed by atoms with E-state index in [1.165, 1.54) is 0 Å². The Morgan fingerprint density at radius 3 is 2.11 bits per heavy atom. The number of ether oxygens (including phenoxy) is 3. The highest BCUT2D eigenvalue weighted by molar-refractivity contribution is 5.91. The van der Waals surface area contributed by atoms with Gasteiger partial charge in [-0.1, -0.05) is 0 Å². The van der Waals surface area contributed by atoms with Gasteiger partial charge in [0.15, 0.2) is 6.61 Å². The van der Waals surface area contributed by atoms with Crippen LogP contribution in [0.3, 0.4) is 0 Å². The number of hydrogen-bond donors (Lipinski definition) is 1. The monoisotopic (exact) mass is 386 g/mol. The van der Waals surface area contributed by atoms with Gasteiger partial charge in [-0.15, -0.1) is 0 Å². The van der Waals surface area contributed by atoms with Crippen LogP contribution in [0, 0.1) is 0 Å². The van der Waals surface area contributed by atoms with E-state index in [1.807, 2.05) is 50.2 Å². The fraction of sp³-hybridized carbons (Fsp3) is 0.333. The first-order chi connectivity index (χ1) is 13.5. The summed E-state index contributed by atoms with van der Waals surface area (Å²) in [6, 6.07) is 14.2. The fourth-order valence-electron chi connectivity index (χ4n) is 2.32. The minimum absolute atomic E-state index is 0.305. The molecule has 0 heterocycles. The van der Waals surface area contributed by atoms with Gasteiger partial charge >= 0.3 is 5.97 Å². The molecule has 0 aliphatic carbocycles. The van der Waals surface area contributed by atoms with Crippen molar-refractivity contribution in [3.63, 3.8) is 0 Å². The van der Waals surface area contributed by atoms with E-state index in [0.717, 1.165) is 11.4 Å². The van der Waals surface area contributed by atoms with Crippen molar-refractivity contribution in [2.45, 2.75) is 6.92 Å². The first-order valence-electron chi connectivity index (χ1n) is 9.06. The molecule has 0 aliphatic rings. The third kappa shape index (κ3) is 6.83. The Morgan fingerprint density at radius 1 is 0.929 bits per heavy atom. The lowest BCUT2D eigenvalue weighted by atomic mass is 10.2. The first-order valence-corrected chi connectivity index (χ1v) is 9.06. The zero-order valence-corrected chi connectivity index (χ0v) is 16.4. The molecule has 0 atom stereocenters. The van der Waals surface area contributed by atoms with E-state index in [0.29, 0.717) is 31.1 Å². The molecule has 7 nitrogen and oxygen atoms in total. The molecule has 0 radical (unpaired) electrons. The van der Waals surface area contributed by atoms with E-state index in [2.05, 4.69) is 5.32 Å². The van der Waals surface area contributed by atoms with Crippen molar-refractivity contribution in [1.29, 1.82) is 0 Å². The quantitative estimate of drug-likeness (QED) is 0.499. The van der Waals surface area contributed by atoms with Crippen LogP contribution in [-0.2, 0) is 9.53 Å². The normalized spacial score (nSPS) is 10.1. The molecule has 0 aromatic heterocycles. The Balaban J connectivity index is 1.64. The van der Waals surface area contributed by atoms with E-state index >= 15 is 0 Å². The van der Waals surface area contributed by atoms with Crippen LogP contribution in [0.2, 0.25) is 0 Å². The lowest BCUT2D eigenvalue weighted by molar-refractivity contribution is -0.124. The summed E-state index contributed by atoms with van der Waals surface area (Å²) < 4.78 is 15.9. The molecule has 2 aromatic rings. The van der Waals surface area contributed by atoms with Gasteiger partial charge < -0.3 is 24.4 Å². The molecule has 0 fully saturated rings. The van der Waals surface area contributed by atoms with Gasteiger partial charge in [0, 0.05) is 19.8 Å². The maximum Gasteiger partial charge on any atom is 0.338 e. The van der Waals surface area contributed by atoms with Gasteiger partial charge in [0.25, 0.3) is 5.91 Å². The van der Waals surface area contributed by atoms with E-state index in [-0.39, 0.29) is 12.5 Å². The molecule has 1 N–H and O–H groups in total. The van der Waals surface area contributed by atoms with Crippen LogP contribution in [0.5, 0.6) is 11.5 Å². The largest absolute Gasteiger partial charge is 0.494 e. The molecule has 0 saturated carbocycles. The second-order valence-corrected chi connectivity index (χ2v) is 6.12. The summed E-state index contributed by atoms with van der Waals surface area (Å²) in [5, 5.41) is 2.64. The number of amides is 1. The summed E-state index contributed by atoms with van der Waals surface area (Å²) >= 11 is 0. The van der Waals surface area contributed by atoms with Gasteiger partial charge in [0.1, 0.15) is 18.1 Å². The maximum atomic E-state index is 12.0. The number of esters is 1. The van der Waals surface area contributed by atoms with Gasteiger partial charge in [-0.3, -0.25) is 4.79 Å². The zero-order valence-electron chi connectivity index (χ0n) is 16.4. The number of anilines is 1. The van der Waals surface area contributed by atoms with Gasteiger partial charge in [-0.25, -0.2) is 4.79 Å². The highest BCUT2D eigenvalue weighted by Gasteiger charge is 2.10. The smallest absolute Gasteiger partial charge is 0.338 e. The van der Waals surface area contributed by atoms with E-state index in [4.69, 9.17) is 14.2 Å². The van der Waals surface area contributed by atoms with Gasteiger partial charge in [0.05, 0.1) is 18.7 Å². The number of benzene rings is 2. The molecule has 0 bridgehead atoms. The summed E-state index contributed by atoms with van der Waals surface area (Å²) in [6.45, 7) is 2.81. The number of rotatable bonds is 10. The van der Waals surface area contributed by atoms with Gasteiger partial charge in [-0.05, 0) is 55.5 Å². The highest BCUT2D eigenvalue weighted by Crippen LogP contribution is 2.17. The maximum absolute atomic E-state index is 12.0. The number of hydrogen-bond acceptors (Lipinski definition) is 6. The predicted octanol–water partition coefficient (Wildman–Crippen LogP) is 2.50. The molecule has 0 unspecified atom stereocenters.